The molecule has 2 aromatic rings. The number of rotatable bonds is 6. The van der Waals surface area contributed by atoms with Crippen LogP contribution in [0.25, 0.3) is 0 Å². The van der Waals surface area contributed by atoms with E-state index < -0.39 is 23.2 Å². The molecule has 2 atom stereocenters. The minimum atomic E-state index is -0.613. The van der Waals surface area contributed by atoms with E-state index in [0.717, 1.165) is 0 Å². The number of carbonyl (C=O) groups is 2. The number of benzene rings is 1. The fourth-order valence-corrected chi connectivity index (χ4v) is 2.82. The van der Waals surface area contributed by atoms with Gasteiger partial charge in [0.1, 0.15) is 11.4 Å². The lowest BCUT2D eigenvalue weighted by atomic mass is 10.1. The standard InChI is InChI=1S/C19H20FN3O4/c1-21-18(25)13-7-12(17(24)22-15-8-16(15)27-2)10-23(19(13)26)9-11-5-3-4-6-14(11)20/h3-7,10,15-16H,8-9H2,1-2H3,(H,21,25)(H,22,24)/t15-,16-/m1/s1. The van der Waals surface area contributed by atoms with E-state index in [1.807, 2.05) is 0 Å². The molecule has 0 spiro atoms. The number of amides is 2. The third kappa shape index (κ3) is 4.06. The summed E-state index contributed by atoms with van der Waals surface area (Å²) in [5.74, 6) is -1.51. The molecule has 1 heterocycles. The van der Waals surface area contributed by atoms with Crippen LogP contribution in [0.4, 0.5) is 4.39 Å². The predicted octanol–water partition coefficient (Wildman–Crippen LogP) is 0.912. The van der Waals surface area contributed by atoms with Gasteiger partial charge in [-0.05, 0) is 18.6 Å². The number of nitrogens with zero attached hydrogens (tertiary/aromatic N) is 1. The van der Waals surface area contributed by atoms with Gasteiger partial charge in [-0.15, -0.1) is 0 Å². The summed E-state index contributed by atoms with van der Waals surface area (Å²) in [5.41, 5.74) is -0.358. The van der Waals surface area contributed by atoms with E-state index in [1.54, 1.807) is 25.3 Å². The van der Waals surface area contributed by atoms with Crippen molar-refractivity contribution in [2.75, 3.05) is 14.2 Å². The van der Waals surface area contributed by atoms with Crippen LogP contribution >= 0.6 is 0 Å². The Morgan fingerprint density at radius 3 is 2.67 bits per heavy atom. The first-order valence-corrected chi connectivity index (χ1v) is 8.48. The fourth-order valence-electron chi connectivity index (χ4n) is 2.82. The monoisotopic (exact) mass is 373 g/mol. The third-order valence-electron chi connectivity index (χ3n) is 4.47. The molecule has 7 nitrogen and oxygen atoms in total. The number of aromatic nitrogens is 1. The van der Waals surface area contributed by atoms with Crippen LogP contribution in [0.1, 0.15) is 32.7 Å². The van der Waals surface area contributed by atoms with Crippen LogP contribution in [0.3, 0.4) is 0 Å². The summed E-state index contributed by atoms with van der Waals surface area (Å²) >= 11 is 0. The molecule has 1 saturated carbocycles. The quantitative estimate of drug-likeness (QED) is 0.788. The predicted molar refractivity (Wildman–Crippen MR) is 96.3 cm³/mol. The van der Waals surface area contributed by atoms with E-state index in [1.165, 1.54) is 29.9 Å². The average Bonchev–Trinajstić information content (AvgIpc) is 3.42. The summed E-state index contributed by atoms with van der Waals surface area (Å²) in [6.07, 6.45) is 2.01. The fraction of sp³-hybridized carbons (Fsp3) is 0.316. The van der Waals surface area contributed by atoms with E-state index in [2.05, 4.69) is 10.6 Å². The second-order valence-corrected chi connectivity index (χ2v) is 6.34. The maximum atomic E-state index is 14.0. The van der Waals surface area contributed by atoms with Crippen LogP contribution in [0, 0.1) is 5.82 Å². The van der Waals surface area contributed by atoms with E-state index >= 15 is 0 Å². The zero-order valence-electron chi connectivity index (χ0n) is 15.0. The van der Waals surface area contributed by atoms with Crippen LogP contribution in [0.2, 0.25) is 0 Å². The molecule has 142 valence electrons. The van der Waals surface area contributed by atoms with E-state index in [0.29, 0.717) is 6.42 Å². The van der Waals surface area contributed by atoms with Gasteiger partial charge in [0.05, 0.1) is 24.3 Å². The van der Waals surface area contributed by atoms with Crippen molar-refractivity contribution in [1.82, 2.24) is 15.2 Å². The summed E-state index contributed by atoms with van der Waals surface area (Å²) in [7, 11) is 2.96. The van der Waals surface area contributed by atoms with Crippen LogP contribution in [-0.2, 0) is 11.3 Å². The van der Waals surface area contributed by atoms with Gasteiger partial charge in [0, 0.05) is 25.9 Å². The number of methoxy groups -OCH3 is 1. The minimum Gasteiger partial charge on any atom is -0.379 e. The summed E-state index contributed by atoms with van der Waals surface area (Å²) in [4.78, 5) is 37.2. The molecule has 2 amide bonds. The highest BCUT2D eigenvalue weighted by molar-refractivity contribution is 5.99. The molecule has 1 aliphatic rings. The lowest BCUT2D eigenvalue weighted by Gasteiger charge is -2.12. The highest BCUT2D eigenvalue weighted by atomic mass is 19.1. The Bertz CT molecular complexity index is 941. The molecule has 0 radical (unpaired) electrons. The van der Waals surface area contributed by atoms with Crippen molar-refractivity contribution in [1.29, 1.82) is 0 Å². The number of hydrogen-bond acceptors (Lipinski definition) is 4. The Labute approximate surface area is 155 Å². The molecule has 0 bridgehead atoms. The Balaban J connectivity index is 1.96. The maximum absolute atomic E-state index is 14.0. The molecule has 1 aromatic heterocycles. The molecular formula is C19H20FN3O4. The molecule has 0 unspecified atom stereocenters. The van der Waals surface area contributed by atoms with Crippen LogP contribution in [0.15, 0.2) is 41.3 Å². The van der Waals surface area contributed by atoms with Gasteiger partial charge in [-0.25, -0.2) is 4.39 Å². The van der Waals surface area contributed by atoms with Crippen LogP contribution < -0.4 is 16.2 Å². The Morgan fingerprint density at radius 2 is 2.04 bits per heavy atom. The molecular weight excluding hydrogens is 353 g/mol. The van der Waals surface area contributed by atoms with Gasteiger partial charge in [0.15, 0.2) is 0 Å². The summed E-state index contributed by atoms with van der Waals surface area (Å²) in [6, 6.07) is 7.17. The van der Waals surface area contributed by atoms with Gasteiger partial charge in [0.2, 0.25) is 0 Å². The highest BCUT2D eigenvalue weighted by Gasteiger charge is 2.38. The molecule has 27 heavy (non-hydrogen) atoms. The normalized spacial score (nSPS) is 18.0. The minimum absolute atomic E-state index is 0.0309. The molecule has 0 saturated heterocycles. The van der Waals surface area contributed by atoms with Gasteiger partial charge >= 0.3 is 0 Å². The zero-order valence-corrected chi connectivity index (χ0v) is 15.0. The van der Waals surface area contributed by atoms with Gasteiger partial charge in [-0.2, -0.15) is 0 Å². The smallest absolute Gasteiger partial charge is 0.263 e. The van der Waals surface area contributed by atoms with Crippen molar-refractivity contribution in [2.45, 2.75) is 25.1 Å². The largest absolute Gasteiger partial charge is 0.379 e. The highest BCUT2D eigenvalue weighted by Crippen LogP contribution is 2.24. The first kappa shape index (κ1) is 18.8. The Kier molecular flexibility index (Phi) is 5.36. The average molecular weight is 373 g/mol. The number of hydrogen-bond donors (Lipinski definition) is 2. The molecule has 0 aliphatic heterocycles. The topological polar surface area (TPSA) is 89.4 Å². The van der Waals surface area contributed by atoms with Gasteiger partial charge in [-0.1, -0.05) is 18.2 Å². The van der Waals surface area contributed by atoms with E-state index in [9.17, 15) is 18.8 Å². The summed E-state index contributed by atoms with van der Waals surface area (Å²) < 4.78 is 20.3. The van der Waals surface area contributed by atoms with Crippen molar-refractivity contribution in [2.24, 2.45) is 0 Å². The number of halogens is 1. The Hall–Kier alpha value is -3.00. The number of carbonyl (C=O) groups excluding carboxylic acids is 2. The van der Waals surface area contributed by atoms with Gasteiger partial charge in [-0.3, -0.25) is 14.4 Å². The van der Waals surface area contributed by atoms with Crippen LogP contribution in [0.5, 0.6) is 0 Å². The lowest BCUT2D eigenvalue weighted by Crippen LogP contribution is -2.35. The van der Waals surface area contributed by atoms with Crippen molar-refractivity contribution < 1.29 is 18.7 Å². The Morgan fingerprint density at radius 1 is 1.30 bits per heavy atom. The molecule has 1 aromatic carbocycles. The molecule has 1 aliphatic carbocycles. The second-order valence-electron chi connectivity index (χ2n) is 6.34. The SMILES string of the molecule is CNC(=O)c1cc(C(=O)N[C@@H]2C[C@H]2OC)cn(Cc2ccccc2F)c1=O. The van der Waals surface area contributed by atoms with Crippen molar-refractivity contribution in [3.63, 3.8) is 0 Å². The second kappa shape index (κ2) is 7.71. The van der Waals surface area contributed by atoms with E-state index in [-0.39, 0.29) is 35.4 Å². The van der Waals surface area contributed by atoms with Crippen molar-refractivity contribution in [3.05, 3.63) is 69.4 Å². The lowest BCUT2D eigenvalue weighted by molar-refractivity contribution is 0.0934. The summed E-state index contributed by atoms with van der Waals surface area (Å²) in [6.45, 7) is -0.0965. The van der Waals surface area contributed by atoms with Crippen molar-refractivity contribution in [3.8, 4) is 0 Å². The third-order valence-corrected chi connectivity index (χ3v) is 4.47. The van der Waals surface area contributed by atoms with Gasteiger partial charge < -0.3 is 19.9 Å². The first-order chi connectivity index (χ1) is 12.9. The van der Waals surface area contributed by atoms with Crippen molar-refractivity contribution >= 4 is 11.8 Å². The van der Waals surface area contributed by atoms with Crippen LogP contribution in [-0.4, -0.2) is 42.7 Å². The number of ether oxygens (including phenoxy) is 1. The maximum Gasteiger partial charge on any atom is 0.263 e. The summed E-state index contributed by atoms with van der Waals surface area (Å²) in [5, 5.41) is 5.17. The molecule has 1 fully saturated rings. The zero-order chi connectivity index (χ0) is 19.6. The molecule has 3 rings (SSSR count). The van der Waals surface area contributed by atoms with E-state index in [4.69, 9.17) is 4.74 Å². The molecule has 8 heteroatoms. The first-order valence-electron chi connectivity index (χ1n) is 8.48. The van der Waals surface area contributed by atoms with Gasteiger partial charge in [0.25, 0.3) is 17.4 Å². The molecule has 2 N–H and O–H groups in total. The number of pyridine rings is 1. The number of nitrogens with one attached hydrogen (secondary N) is 2.